The Hall–Kier alpha value is -1.26. The zero-order valence-electron chi connectivity index (χ0n) is 17.8. The number of rotatable bonds is 2. The molecule has 4 rings (SSSR count). The summed E-state index contributed by atoms with van der Waals surface area (Å²) in [4.78, 5) is 11.5. The largest absolute Gasteiger partial charge is 0.293 e. The summed E-state index contributed by atoms with van der Waals surface area (Å²) in [6.07, 6.45) is 10.3. The zero-order valence-corrected chi connectivity index (χ0v) is 18.6. The number of anilines is 1. The van der Waals surface area contributed by atoms with Gasteiger partial charge in [0.2, 0.25) is 0 Å². The van der Waals surface area contributed by atoms with Crippen molar-refractivity contribution in [1.29, 1.82) is 0 Å². The Kier molecular flexibility index (Phi) is 5.63. The summed E-state index contributed by atoms with van der Waals surface area (Å²) >= 11 is 6.29. The molecule has 0 radical (unpaired) electrons. The molecule has 1 aromatic carbocycles. The second-order valence-electron chi connectivity index (χ2n) is 9.83. The molecule has 0 aromatic heterocycles. The van der Waals surface area contributed by atoms with E-state index in [0.29, 0.717) is 6.04 Å². The highest BCUT2D eigenvalue weighted by molar-refractivity contribution is 7.80. The highest BCUT2D eigenvalue weighted by Crippen LogP contribution is 2.50. The Balaban J connectivity index is 1.87. The van der Waals surface area contributed by atoms with E-state index in [1.807, 2.05) is 0 Å². The van der Waals surface area contributed by atoms with Gasteiger partial charge in [0.05, 0.1) is 16.6 Å². The van der Waals surface area contributed by atoms with Crippen molar-refractivity contribution in [2.24, 2.45) is 10.4 Å². The fourth-order valence-electron chi connectivity index (χ4n) is 5.45. The second-order valence-corrected chi connectivity index (χ2v) is 10.2. The zero-order chi connectivity index (χ0) is 19.8. The predicted molar refractivity (Wildman–Crippen MR) is 123 cm³/mol. The van der Waals surface area contributed by atoms with E-state index in [4.69, 9.17) is 17.2 Å². The van der Waals surface area contributed by atoms with E-state index in [9.17, 15) is 0 Å². The molecule has 2 saturated heterocycles. The highest BCUT2D eigenvalue weighted by atomic mass is 32.1. The number of likely N-dealkylation sites (tertiary alicyclic amines) is 1. The lowest BCUT2D eigenvalue weighted by molar-refractivity contribution is 0.112. The summed E-state index contributed by atoms with van der Waals surface area (Å²) in [6.45, 7) is 9.00. The van der Waals surface area contributed by atoms with Crippen LogP contribution in [-0.2, 0) is 0 Å². The minimum absolute atomic E-state index is 0.0743. The van der Waals surface area contributed by atoms with Gasteiger partial charge in [-0.15, -0.1) is 0 Å². The third-order valence-electron chi connectivity index (χ3n) is 6.59. The predicted octanol–water partition coefficient (Wildman–Crippen LogP) is 5.84. The average Bonchev–Trinajstić information content (AvgIpc) is 2.90. The Bertz CT molecular complexity index is 722. The van der Waals surface area contributed by atoms with Gasteiger partial charge in [0.15, 0.2) is 0 Å². The van der Waals surface area contributed by atoms with Crippen molar-refractivity contribution < 1.29 is 0 Å². The summed E-state index contributed by atoms with van der Waals surface area (Å²) in [7, 11) is 0. The molecule has 1 atom stereocenters. The van der Waals surface area contributed by atoms with Crippen LogP contribution in [-0.4, -0.2) is 40.4 Å². The van der Waals surface area contributed by atoms with Gasteiger partial charge in [-0.05, 0) is 71.7 Å². The van der Waals surface area contributed by atoms with E-state index in [2.05, 4.69) is 60.9 Å². The Morgan fingerprint density at radius 3 is 2.14 bits per heavy atom. The third-order valence-corrected chi connectivity index (χ3v) is 7.18. The number of benzene rings is 1. The number of para-hydroxylation sites is 1. The number of nitrogens with zero attached hydrogens (tertiary/aromatic N) is 3. The molecule has 3 nitrogen and oxygen atoms in total. The molecule has 1 saturated carbocycles. The lowest BCUT2D eigenvalue weighted by Gasteiger charge is -2.44. The molecule has 152 valence electrons. The van der Waals surface area contributed by atoms with Crippen molar-refractivity contribution in [3.8, 4) is 0 Å². The van der Waals surface area contributed by atoms with E-state index >= 15 is 0 Å². The molecular weight excluding hydrogens is 362 g/mol. The number of aliphatic imine (C=N–C) groups is 1. The minimum atomic E-state index is -0.119. The molecule has 3 aliphatic rings. The van der Waals surface area contributed by atoms with Crippen LogP contribution in [0.25, 0.3) is 0 Å². The maximum atomic E-state index is 6.29. The van der Waals surface area contributed by atoms with Crippen LogP contribution in [0.1, 0.15) is 72.1 Å². The quantitative estimate of drug-likeness (QED) is 0.585. The van der Waals surface area contributed by atoms with Gasteiger partial charge >= 0.3 is 0 Å². The van der Waals surface area contributed by atoms with Gasteiger partial charge in [0.25, 0.3) is 0 Å². The molecule has 0 N–H and O–H groups in total. The topological polar surface area (TPSA) is 18.8 Å². The molecule has 0 bridgehead atoms. The first kappa shape index (κ1) is 20.0. The number of hydrogen-bond donors (Lipinski definition) is 0. The van der Waals surface area contributed by atoms with Gasteiger partial charge in [-0.1, -0.05) is 56.1 Å². The van der Waals surface area contributed by atoms with Crippen LogP contribution in [0.15, 0.2) is 35.3 Å². The first-order valence-corrected chi connectivity index (χ1v) is 11.6. The highest BCUT2D eigenvalue weighted by Gasteiger charge is 2.57. The van der Waals surface area contributed by atoms with Crippen LogP contribution < -0.4 is 4.90 Å². The molecular formula is C24H35N3S. The Morgan fingerprint density at radius 1 is 0.929 bits per heavy atom. The number of amidine groups is 1. The smallest absolute Gasteiger partial charge is 0.127 e. The average molecular weight is 398 g/mol. The molecule has 1 spiro atoms. The molecule has 28 heavy (non-hydrogen) atoms. The third kappa shape index (κ3) is 3.66. The van der Waals surface area contributed by atoms with Crippen LogP contribution >= 0.6 is 12.2 Å². The summed E-state index contributed by atoms with van der Waals surface area (Å²) < 4.78 is 0. The van der Waals surface area contributed by atoms with Crippen LogP contribution in [0.4, 0.5) is 5.69 Å². The second kappa shape index (κ2) is 7.87. The van der Waals surface area contributed by atoms with Crippen LogP contribution in [0.5, 0.6) is 0 Å². The summed E-state index contributed by atoms with van der Waals surface area (Å²) in [5, 5.41) is 0. The van der Waals surface area contributed by atoms with Crippen LogP contribution in [0.3, 0.4) is 0 Å². The van der Waals surface area contributed by atoms with Crippen molar-refractivity contribution in [2.75, 3.05) is 18.0 Å². The number of thiocarbonyl (C=S) groups is 1. The van der Waals surface area contributed by atoms with Gasteiger partial charge in [-0.3, -0.25) is 14.8 Å². The summed E-state index contributed by atoms with van der Waals surface area (Å²) in [5.41, 5.74) is 1.14. The molecule has 4 heteroatoms. The first-order valence-electron chi connectivity index (χ1n) is 11.2. The molecule has 1 aliphatic carbocycles. The van der Waals surface area contributed by atoms with Crippen molar-refractivity contribution >= 4 is 28.7 Å². The number of hydrogen-bond acceptors (Lipinski definition) is 3. The standard InChI is InChI=1S/C24H35N3S/c1-23(2,3)25-21-20(26-17-11-6-12-18-26)24(15-9-5-10-16-24)22(28)27(21)19-13-7-4-8-14-19/h4,7-8,13-14,20H,5-6,9-12,15-18H2,1-3H3/t20-/m1/s1. The van der Waals surface area contributed by atoms with Crippen molar-refractivity contribution in [2.45, 2.75) is 83.7 Å². The van der Waals surface area contributed by atoms with Gasteiger partial charge < -0.3 is 0 Å². The molecule has 1 aromatic rings. The van der Waals surface area contributed by atoms with Gasteiger partial charge in [-0.25, -0.2) is 0 Å². The fraction of sp³-hybridized carbons (Fsp3) is 0.667. The van der Waals surface area contributed by atoms with E-state index in [1.165, 1.54) is 76.0 Å². The molecule has 2 aliphatic heterocycles. The minimum Gasteiger partial charge on any atom is -0.293 e. The molecule has 0 amide bonds. The van der Waals surface area contributed by atoms with Crippen molar-refractivity contribution in [3.63, 3.8) is 0 Å². The molecule has 3 fully saturated rings. The summed E-state index contributed by atoms with van der Waals surface area (Å²) in [5.74, 6) is 1.20. The van der Waals surface area contributed by atoms with E-state index in [-0.39, 0.29) is 11.0 Å². The van der Waals surface area contributed by atoms with Crippen molar-refractivity contribution in [1.82, 2.24) is 4.90 Å². The van der Waals surface area contributed by atoms with E-state index < -0.39 is 0 Å². The van der Waals surface area contributed by atoms with Crippen LogP contribution in [0.2, 0.25) is 0 Å². The fourth-order valence-corrected chi connectivity index (χ4v) is 5.97. The first-order chi connectivity index (χ1) is 13.4. The SMILES string of the molecule is CC(C)(C)N=C1[C@@H](N2CCCCC2)C2(CCCCC2)C(=S)N1c1ccccc1. The van der Waals surface area contributed by atoms with Gasteiger partial charge in [0, 0.05) is 11.1 Å². The lowest BCUT2D eigenvalue weighted by atomic mass is 9.69. The maximum absolute atomic E-state index is 6.29. The normalized spacial score (nSPS) is 27.7. The Labute approximate surface area is 176 Å². The number of piperidine rings is 1. The lowest BCUT2D eigenvalue weighted by Crippen LogP contribution is -2.53. The maximum Gasteiger partial charge on any atom is 0.127 e. The van der Waals surface area contributed by atoms with E-state index in [0.717, 1.165) is 4.99 Å². The Morgan fingerprint density at radius 2 is 1.54 bits per heavy atom. The molecule has 0 unspecified atom stereocenters. The van der Waals surface area contributed by atoms with Crippen molar-refractivity contribution in [3.05, 3.63) is 30.3 Å². The van der Waals surface area contributed by atoms with Gasteiger partial charge in [-0.2, -0.15) is 0 Å². The monoisotopic (exact) mass is 397 g/mol. The van der Waals surface area contributed by atoms with E-state index in [1.54, 1.807) is 0 Å². The molecule has 2 heterocycles. The van der Waals surface area contributed by atoms with Gasteiger partial charge in [0.1, 0.15) is 5.84 Å². The van der Waals surface area contributed by atoms with Crippen LogP contribution in [0, 0.1) is 5.41 Å². The summed E-state index contributed by atoms with van der Waals surface area (Å²) in [6, 6.07) is 11.0.